The maximum Gasteiger partial charge on any atom is 0.274 e. The second-order valence-electron chi connectivity index (χ2n) is 5.97. The monoisotopic (exact) mass is 344 g/mol. The molecule has 0 N–H and O–H groups in total. The van der Waals surface area contributed by atoms with Crippen LogP contribution in [-0.2, 0) is 0 Å². The van der Waals surface area contributed by atoms with Crippen molar-refractivity contribution in [3.05, 3.63) is 47.4 Å². The fourth-order valence-electron chi connectivity index (χ4n) is 2.98. The van der Waals surface area contributed by atoms with Crippen LogP contribution in [0.5, 0.6) is 0 Å². The first-order chi connectivity index (χ1) is 11.6. The summed E-state index contributed by atoms with van der Waals surface area (Å²) in [7, 11) is 2.05. The van der Waals surface area contributed by atoms with Gasteiger partial charge in [0.05, 0.1) is 5.69 Å². The predicted octanol–water partition coefficient (Wildman–Crippen LogP) is 2.59. The minimum Gasteiger partial charge on any atom is -0.335 e. The molecule has 1 fully saturated rings. The van der Waals surface area contributed by atoms with Crippen LogP contribution < -0.4 is 0 Å². The molecule has 124 valence electrons. The van der Waals surface area contributed by atoms with E-state index in [1.807, 2.05) is 20.9 Å². The summed E-state index contributed by atoms with van der Waals surface area (Å²) in [6.07, 6.45) is 1.90. The van der Waals surface area contributed by atoms with E-state index in [1.165, 1.54) is 23.5 Å². The first kappa shape index (κ1) is 15.3. The zero-order valence-electron chi connectivity index (χ0n) is 13.3. The standard InChI is InChI=1S/C17H17FN4OS/c1-20-6-8-21(9-7-20)16(23)14-15(12-2-4-13(18)5-3-12)22-10-11-24-17(22)19-14/h2-5,10-11H,6-9H2,1H3. The molecule has 0 atom stereocenters. The van der Waals surface area contributed by atoms with Crippen LogP contribution in [0, 0.1) is 5.82 Å². The van der Waals surface area contributed by atoms with Crippen molar-refractivity contribution in [2.75, 3.05) is 33.2 Å². The van der Waals surface area contributed by atoms with Gasteiger partial charge in [-0.2, -0.15) is 0 Å². The number of amides is 1. The number of carbonyl (C=O) groups is 1. The summed E-state index contributed by atoms with van der Waals surface area (Å²) < 4.78 is 15.2. The molecule has 0 radical (unpaired) electrons. The Morgan fingerprint density at radius 2 is 1.88 bits per heavy atom. The maximum atomic E-state index is 13.3. The number of thiazole rings is 1. The molecule has 1 saturated heterocycles. The molecule has 3 heterocycles. The average Bonchev–Trinajstić information content (AvgIpc) is 3.17. The summed E-state index contributed by atoms with van der Waals surface area (Å²) in [5, 5.41) is 1.93. The van der Waals surface area contributed by atoms with Crippen molar-refractivity contribution < 1.29 is 9.18 Å². The van der Waals surface area contributed by atoms with Crippen LogP contribution in [0.3, 0.4) is 0 Å². The number of benzene rings is 1. The number of aromatic nitrogens is 2. The van der Waals surface area contributed by atoms with Gasteiger partial charge in [0.2, 0.25) is 0 Å². The lowest BCUT2D eigenvalue weighted by atomic mass is 10.1. The van der Waals surface area contributed by atoms with Gasteiger partial charge in [-0.1, -0.05) is 0 Å². The second-order valence-corrected chi connectivity index (χ2v) is 6.84. The minimum absolute atomic E-state index is 0.0571. The molecular weight excluding hydrogens is 327 g/mol. The van der Waals surface area contributed by atoms with E-state index >= 15 is 0 Å². The Morgan fingerprint density at radius 3 is 2.58 bits per heavy atom. The molecule has 24 heavy (non-hydrogen) atoms. The van der Waals surface area contributed by atoms with Gasteiger partial charge in [0, 0.05) is 43.3 Å². The molecule has 1 amide bonds. The van der Waals surface area contributed by atoms with Crippen molar-refractivity contribution in [1.82, 2.24) is 19.2 Å². The van der Waals surface area contributed by atoms with Crippen molar-refractivity contribution in [2.45, 2.75) is 0 Å². The third-order valence-electron chi connectivity index (χ3n) is 4.37. The topological polar surface area (TPSA) is 40.8 Å². The Balaban J connectivity index is 1.77. The Morgan fingerprint density at radius 1 is 1.17 bits per heavy atom. The lowest BCUT2D eigenvalue weighted by Gasteiger charge is -2.32. The van der Waals surface area contributed by atoms with E-state index in [4.69, 9.17) is 0 Å². The van der Waals surface area contributed by atoms with Gasteiger partial charge in [0.1, 0.15) is 5.82 Å². The zero-order chi connectivity index (χ0) is 16.7. The lowest BCUT2D eigenvalue weighted by Crippen LogP contribution is -2.47. The lowest BCUT2D eigenvalue weighted by molar-refractivity contribution is 0.0660. The minimum atomic E-state index is -0.295. The van der Waals surface area contributed by atoms with Crippen LogP contribution in [0.1, 0.15) is 10.5 Å². The van der Waals surface area contributed by atoms with Gasteiger partial charge in [0.15, 0.2) is 10.7 Å². The van der Waals surface area contributed by atoms with E-state index < -0.39 is 0 Å². The Labute approximate surface area is 142 Å². The van der Waals surface area contributed by atoms with Gasteiger partial charge in [0.25, 0.3) is 5.91 Å². The molecule has 7 heteroatoms. The largest absolute Gasteiger partial charge is 0.335 e. The number of carbonyl (C=O) groups excluding carboxylic acids is 1. The summed E-state index contributed by atoms with van der Waals surface area (Å²) in [5.41, 5.74) is 1.97. The smallest absolute Gasteiger partial charge is 0.274 e. The van der Waals surface area contributed by atoms with Crippen molar-refractivity contribution in [3.8, 4) is 11.3 Å². The zero-order valence-corrected chi connectivity index (χ0v) is 14.1. The van der Waals surface area contributed by atoms with Crippen LogP contribution in [0.25, 0.3) is 16.2 Å². The van der Waals surface area contributed by atoms with E-state index in [9.17, 15) is 9.18 Å². The first-order valence-corrected chi connectivity index (χ1v) is 8.71. The molecule has 0 saturated carbocycles. The van der Waals surface area contributed by atoms with E-state index in [0.717, 1.165) is 29.3 Å². The molecule has 5 nitrogen and oxygen atoms in total. The molecule has 0 aliphatic carbocycles. The SMILES string of the molecule is CN1CCN(C(=O)c2nc3sccn3c2-c2ccc(F)cc2)CC1. The Hall–Kier alpha value is -2.25. The molecule has 3 aromatic rings. The molecule has 1 aromatic carbocycles. The van der Waals surface area contributed by atoms with Crippen LogP contribution in [0.15, 0.2) is 35.8 Å². The van der Waals surface area contributed by atoms with Crippen LogP contribution >= 0.6 is 11.3 Å². The van der Waals surface area contributed by atoms with Crippen LogP contribution in [-0.4, -0.2) is 58.3 Å². The number of piperazine rings is 1. The first-order valence-electron chi connectivity index (χ1n) is 7.83. The van der Waals surface area contributed by atoms with E-state index in [2.05, 4.69) is 16.9 Å². The molecule has 4 rings (SSSR count). The fraction of sp³-hybridized carbons (Fsp3) is 0.294. The number of halogens is 1. The van der Waals surface area contributed by atoms with Gasteiger partial charge in [-0.05, 0) is 31.3 Å². The van der Waals surface area contributed by atoms with E-state index in [-0.39, 0.29) is 11.7 Å². The third kappa shape index (κ3) is 2.59. The average molecular weight is 344 g/mol. The molecule has 0 unspecified atom stereocenters. The normalized spacial score (nSPS) is 16.0. The highest BCUT2D eigenvalue weighted by atomic mass is 32.1. The van der Waals surface area contributed by atoms with Gasteiger partial charge in [-0.25, -0.2) is 9.37 Å². The van der Waals surface area contributed by atoms with Crippen molar-refractivity contribution >= 4 is 22.2 Å². The third-order valence-corrected chi connectivity index (χ3v) is 5.13. The fourth-order valence-corrected chi connectivity index (χ4v) is 3.69. The molecule has 0 spiro atoms. The summed E-state index contributed by atoms with van der Waals surface area (Å²) in [4.78, 5) is 22.4. The maximum absolute atomic E-state index is 13.3. The van der Waals surface area contributed by atoms with Gasteiger partial charge in [-0.3, -0.25) is 9.20 Å². The quantitative estimate of drug-likeness (QED) is 0.717. The number of hydrogen-bond acceptors (Lipinski definition) is 4. The van der Waals surface area contributed by atoms with E-state index in [1.54, 1.807) is 12.1 Å². The van der Waals surface area contributed by atoms with Gasteiger partial charge < -0.3 is 9.80 Å². The molecule has 2 aromatic heterocycles. The second kappa shape index (κ2) is 5.99. The summed E-state index contributed by atoms with van der Waals surface area (Å²) in [6.45, 7) is 3.12. The summed E-state index contributed by atoms with van der Waals surface area (Å²) in [6, 6.07) is 6.20. The summed E-state index contributed by atoms with van der Waals surface area (Å²) >= 11 is 1.48. The molecule has 1 aliphatic heterocycles. The number of fused-ring (bicyclic) bond motifs is 1. The Bertz CT molecular complexity index is 878. The van der Waals surface area contributed by atoms with Gasteiger partial charge in [-0.15, -0.1) is 11.3 Å². The number of imidazole rings is 1. The Kier molecular flexibility index (Phi) is 3.82. The van der Waals surface area contributed by atoms with Crippen molar-refractivity contribution in [3.63, 3.8) is 0 Å². The highest BCUT2D eigenvalue weighted by Crippen LogP contribution is 2.28. The van der Waals surface area contributed by atoms with E-state index in [0.29, 0.717) is 18.8 Å². The predicted molar refractivity (Wildman–Crippen MR) is 91.9 cm³/mol. The highest BCUT2D eigenvalue weighted by Gasteiger charge is 2.27. The van der Waals surface area contributed by atoms with Crippen LogP contribution in [0.2, 0.25) is 0 Å². The number of likely N-dealkylation sites (N-methyl/N-ethyl adjacent to an activating group) is 1. The number of hydrogen-bond donors (Lipinski definition) is 0. The summed E-state index contributed by atoms with van der Waals surface area (Å²) in [5.74, 6) is -0.352. The number of rotatable bonds is 2. The molecular formula is C17H17FN4OS. The van der Waals surface area contributed by atoms with Gasteiger partial charge >= 0.3 is 0 Å². The van der Waals surface area contributed by atoms with Crippen molar-refractivity contribution in [1.29, 1.82) is 0 Å². The van der Waals surface area contributed by atoms with Crippen molar-refractivity contribution in [2.24, 2.45) is 0 Å². The highest BCUT2D eigenvalue weighted by molar-refractivity contribution is 7.15. The van der Waals surface area contributed by atoms with Crippen LogP contribution in [0.4, 0.5) is 4.39 Å². The molecule has 1 aliphatic rings. The number of nitrogens with zero attached hydrogens (tertiary/aromatic N) is 4. The molecule has 0 bridgehead atoms.